The minimum absolute atomic E-state index is 0.304. The maximum Gasteiger partial charge on any atom is 0.303 e. The predicted octanol–water partition coefficient (Wildman–Crippen LogP) is 3.75. The van der Waals surface area contributed by atoms with Crippen molar-refractivity contribution < 1.29 is 15.0 Å². The predicted molar refractivity (Wildman–Crippen MR) is 93.4 cm³/mol. The Labute approximate surface area is 140 Å². The quantitative estimate of drug-likeness (QED) is 0.451. The molecule has 0 spiro atoms. The van der Waals surface area contributed by atoms with Gasteiger partial charge in [0.1, 0.15) is 6.10 Å². The Morgan fingerprint density at radius 3 is 1.91 bits per heavy atom. The zero-order valence-corrected chi connectivity index (χ0v) is 14.2. The van der Waals surface area contributed by atoms with E-state index in [0.29, 0.717) is 6.42 Å². The molecule has 1 unspecified atom stereocenters. The number of hydrogen-bond acceptors (Lipinski definition) is 2. The molecule has 3 heteroatoms. The van der Waals surface area contributed by atoms with Crippen LogP contribution in [0.3, 0.4) is 0 Å². The Morgan fingerprint density at radius 2 is 1.35 bits per heavy atom. The Balaban J connectivity index is 3.32. The monoisotopic (exact) mass is 316 g/mol. The summed E-state index contributed by atoms with van der Waals surface area (Å²) in [6.07, 6.45) is 10.8. The van der Waals surface area contributed by atoms with Crippen LogP contribution in [-0.2, 0) is 4.79 Å². The van der Waals surface area contributed by atoms with Crippen LogP contribution in [0.15, 0.2) is 0 Å². The van der Waals surface area contributed by atoms with Crippen molar-refractivity contribution in [3.05, 3.63) is 0 Å². The van der Waals surface area contributed by atoms with Gasteiger partial charge in [0.05, 0.1) is 0 Å². The molecular formula is C20H28O3. The SMILES string of the molecule is CC(O)C#CC#CC#CCCCCCCCCCCCC(=O)O. The summed E-state index contributed by atoms with van der Waals surface area (Å²) in [6.45, 7) is 1.60. The van der Waals surface area contributed by atoms with E-state index in [-0.39, 0.29) is 0 Å². The molecule has 0 heterocycles. The first kappa shape index (κ1) is 21.1. The molecule has 0 fully saturated rings. The molecule has 0 aliphatic rings. The summed E-state index contributed by atoms with van der Waals surface area (Å²) in [5.41, 5.74) is 0. The molecule has 0 aliphatic carbocycles. The molecule has 0 bridgehead atoms. The average molecular weight is 316 g/mol. The first-order valence-electron chi connectivity index (χ1n) is 8.51. The van der Waals surface area contributed by atoms with E-state index in [2.05, 4.69) is 35.5 Å². The Morgan fingerprint density at radius 1 is 0.826 bits per heavy atom. The number of rotatable bonds is 11. The molecule has 0 saturated carbocycles. The second-order valence-electron chi connectivity index (χ2n) is 5.57. The van der Waals surface area contributed by atoms with Crippen LogP contribution in [-0.4, -0.2) is 22.3 Å². The van der Waals surface area contributed by atoms with Crippen molar-refractivity contribution in [2.24, 2.45) is 0 Å². The lowest BCUT2D eigenvalue weighted by Gasteiger charge is -2.01. The molecule has 23 heavy (non-hydrogen) atoms. The minimum Gasteiger partial charge on any atom is -0.481 e. The molecule has 0 aromatic carbocycles. The van der Waals surface area contributed by atoms with E-state index in [1.165, 1.54) is 32.1 Å². The molecule has 0 saturated heterocycles. The van der Waals surface area contributed by atoms with Crippen molar-refractivity contribution in [3.8, 4) is 35.5 Å². The van der Waals surface area contributed by atoms with Crippen LogP contribution >= 0.6 is 0 Å². The topological polar surface area (TPSA) is 57.5 Å². The van der Waals surface area contributed by atoms with Gasteiger partial charge in [-0.05, 0) is 43.4 Å². The third kappa shape index (κ3) is 20.1. The molecule has 0 aromatic rings. The number of aliphatic hydroxyl groups is 1. The van der Waals surface area contributed by atoms with Crippen LogP contribution < -0.4 is 0 Å². The fourth-order valence-corrected chi connectivity index (χ4v) is 2.04. The smallest absolute Gasteiger partial charge is 0.303 e. The minimum atomic E-state index is -0.688. The van der Waals surface area contributed by atoms with Gasteiger partial charge >= 0.3 is 5.97 Å². The van der Waals surface area contributed by atoms with Crippen molar-refractivity contribution in [2.75, 3.05) is 0 Å². The van der Waals surface area contributed by atoms with Crippen LogP contribution in [0.5, 0.6) is 0 Å². The number of aliphatic carboxylic acids is 1. The maximum atomic E-state index is 10.3. The molecule has 3 nitrogen and oxygen atoms in total. The number of aliphatic hydroxyl groups excluding tert-OH is 1. The highest BCUT2D eigenvalue weighted by Crippen LogP contribution is 2.11. The standard InChI is InChI=1S/C20H28O3/c1-19(21)17-15-13-11-9-7-5-3-2-4-6-8-10-12-14-16-18-20(22)23/h19,21H,2-6,8,10,12,14,16,18H2,1H3,(H,22,23). The highest BCUT2D eigenvalue weighted by molar-refractivity contribution is 5.66. The van der Waals surface area contributed by atoms with Gasteiger partial charge < -0.3 is 10.2 Å². The number of carbonyl (C=O) groups is 1. The molecule has 0 amide bonds. The van der Waals surface area contributed by atoms with Gasteiger partial charge in [-0.2, -0.15) is 0 Å². The van der Waals surface area contributed by atoms with E-state index in [1.54, 1.807) is 6.92 Å². The third-order valence-electron chi connectivity index (χ3n) is 3.25. The highest BCUT2D eigenvalue weighted by atomic mass is 16.4. The van der Waals surface area contributed by atoms with Crippen molar-refractivity contribution in [2.45, 2.75) is 83.7 Å². The fraction of sp³-hybridized carbons (Fsp3) is 0.650. The lowest BCUT2D eigenvalue weighted by Crippen LogP contribution is -1.93. The van der Waals surface area contributed by atoms with Gasteiger partial charge in [0.25, 0.3) is 0 Å². The highest BCUT2D eigenvalue weighted by Gasteiger charge is 1.96. The summed E-state index contributed by atoms with van der Waals surface area (Å²) < 4.78 is 0. The Bertz CT molecular complexity index is 486. The first-order chi connectivity index (χ1) is 11.1. The zero-order valence-electron chi connectivity index (χ0n) is 14.2. The van der Waals surface area contributed by atoms with E-state index in [0.717, 1.165) is 32.1 Å². The van der Waals surface area contributed by atoms with Gasteiger partial charge in [0.2, 0.25) is 0 Å². The van der Waals surface area contributed by atoms with Crippen LogP contribution in [0.4, 0.5) is 0 Å². The Kier molecular flexibility index (Phi) is 15.1. The number of carboxylic acids is 1. The van der Waals surface area contributed by atoms with Gasteiger partial charge in [-0.25, -0.2) is 0 Å². The van der Waals surface area contributed by atoms with E-state index < -0.39 is 12.1 Å². The second-order valence-corrected chi connectivity index (χ2v) is 5.57. The summed E-state index contributed by atoms with van der Waals surface area (Å²) in [5.74, 6) is 15.4. The molecule has 126 valence electrons. The van der Waals surface area contributed by atoms with Crippen LogP contribution in [0.2, 0.25) is 0 Å². The van der Waals surface area contributed by atoms with Crippen molar-refractivity contribution in [1.82, 2.24) is 0 Å². The molecule has 0 aliphatic heterocycles. The molecule has 2 N–H and O–H groups in total. The Hall–Kier alpha value is -1.89. The molecular weight excluding hydrogens is 288 g/mol. The average Bonchev–Trinajstić information content (AvgIpc) is 2.49. The van der Waals surface area contributed by atoms with Gasteiger partial charge in [-0.3, -0.25) is 4.79 Å². The maximum absolute atomic E-state index is 10.3. The van der Waals surface area contributed by atoms with E-state index >= 15 is 0 Å². The van der Waals surface area contributed by atoms with E-state index in [4.69, 9.17) is 10.2 Å². The molecule has 0 radical (unpaired) electrons. The molecule has 0 rings (SSSR count). The zero-order chi connectivity index (χ0) is 17.2. The third-order valence-corrected chi connectivity index (χ3v) is 3.25. The van der Waals surface area contributed by atoms with E-state index in [9.17, 15) is 4.79 Å². The first-order valence-corrected chi connectivity index (χ1v) is 8.51. The molecule has 1 atom stereocenters. The summed E-state index contributed by atoms with van der Waals surface area (Å²) in [5, 5.41) is 17.4. The second kappa shape index (κ2) is 16.5. The lowest BCUT2D eigenvalue weighted by molar-refractivity contribution is -0.137. The van der Waals surface area contributed by atoms with Gasteiger partial charge in [-0.1, -0.05) is 56.8 Å². The number of carboxylic acid groups (broad SMARTS) is 1. The fourth-order valence-electron chi connectivity index (χ4n) is 2.04. The van der Waals surface area contributed by atoms with Crippen LogP contribution in [0.1, 0.15) is 77.6 Å². The van der Waals surface area contributed by atoms with Gasteiger partial charge in [-0.15, -0.1) is 0 Å². The van der Waals surface area contributed by atoms with Crippen molar-refractivity contribution in [1.29, 1.82) is 0 Å². The summed E-state index contributed by atoms with van der Waals surface area (Å²) in [7, 11) is 0. The molecule has 0 aromatic heterocycles. The number of hydrogen-bond donors (Lipinski definition) is 2. The van der Waals surface area contributed by atoms with Crippen molar-refractivity contribution >= 4 is 5.97 Å². The summed E-state index contributed by atoms with van der Waals surface area (Å²) in [6, 6.07) is 0. The van der Waals surface area contributed by atoms with Crippen molar-refractivity contribution in [3.63, 3.8) is 0 Å². The number of unbranched alkanes of at least 4 members (excludes halogenated alkanes) is 9. The lowest BCUT2D eigenvalue weighted by atomic mass is 10.1. The normalized spacial score (nSPS) is 10.3. The summed E-state index contributed by atoms with van der Waals surface area (Å²) in [4.78, 5) is 10.3. The van der Waals surface area contributed by atoms with Crippen LogP contribution in [0, 0.1) is 35.5 Å². The van der Waals surface area contributed by atoms with E-state index in [1.807, 2.05) is 0 Å². The summed E-state index contributed by atoms with van der Waals surface area (Å²) >= 11 is 0. The van der Waals surface area contributed by atoms with Gasteiger partial charge in [0.15, 0.2) is 0 Å². The van der Waals surface area contributed by atoms with Gasteiger partial charge in [0, 0.05) is 12.8 Å². The van der Waals surface area contributed by atoms with Crippen LogP contribution in [0.25, 0.3) is 0 Å². The largest absolute Gasteiger partial charge is 0.481 e.